The maximum Gasteiger partial charge on any atom is 0.347 e. The first kappa shape index (κ1) is 7.44. The van der Waals surface area contributed by atoms with E-state index in [1.165, 1.54) is 0 Å². The second-order valence-corrected chi connectivity index (χ2v) is 3.57. The first-order valence-corrected chi connectivity index (χ1v) is 4.27. The normalized spacial score (nSPS) is 26.8. The van der Waals surface area contributed by atoms with Crippen molar-refractivity contribution in [1.82, 2.24) is 4.98 Å². The Labute approximate surface area is 75.0 Å². The lowest BCUT2D eigenvalue weighted by Crippen LogP contribution is -2.29. The highest BCUT2D eigenvalue weighted by Crippen LogP contribution is 2.61. The van der Waals surface area contributed by atoms with Gasteiger partial charge in [0.25, 0.3) is 0 Å². The highest BCUT2D eigenvalue weighted by Gasteiger charge is 2.72. The van der Waals surface area contributed by atoms with E-state index in [-0.39, 0.29) is 5.41 Å². The van der Waals surface area contributed by atoms with Crippen molar-refractivity contribution in [2.45, 2.75) is 24.2 Å². The van der Waals surface area contributed by atoms with Crippen LogP contribution in [-0.2, 0) is 15.2 Å². The fourth-order valence-electron chi connectivity index (χ4n) is 1.76. The van der Waals surface area contributed by atoms with Gasteiger partial charge in [-0.2, -0.15) is 9.78 Å². The van der Waals surface area contributed by atoms with Gasteiger partial charge in [0.1, 0.15) is 0 Å². The third-order valence-electron chi connectivity index (χ3n) is 2.81. The molecule has 0 atom stereocenters. The minimum atomic E-state index is -1.38. The van der Waals surface area contributed by atoms with Gasteiger partial charge in [0, 0.05) is 12.4 Å². The van der Waals surface area contributed by atoms with E-state index < -0.39 is 5.97 Å². The van der Waals surface area contributed by atoms with Gasteiger partial charge in [-0.15, -0.1) is 0 Å². The highest BCUT2D eigenvalue weighted by molar-refractivity contribution is 5.32. The molecule has 0 unspecified atom stereocenters. The highest BCUT2D eigenvalue weighted by atomic mass is 17.4. The molecule has 2 fully saturated rings. The summed E-state index contributed by atoms with van der Waals surface area (Å²) in [5.41, 5.74) is 0.622. The van der Waals surface area contributed by atoms with E-state index in [0.717, 1.165) is 18.4 Å². The van der Waals surface area contributed by atoms with E-state index in [2.05, 4.69) is 14.8 Å². The molecule has 0 radical (unpaired) electrons. The summed E-state index contributed by atoms with van der Waals surface area (Å²) in [6, 6.07) is 3.78. The van der Waals surface area contributed by atoms with Gasteiger partial charge in [-0.3, -0.25) is 4.98 Å². The van der Waals surface area contributed by atoms with Crippen LogP contribution in [-0.4, -0.2) is 16.1 Å². The predicted molar refractivity (Wildman–Crippen MR) is 42.3 cm³/mol. The molecule has 2 heterocycles. The second-order valence-electron chi connectivity index (χ2n) is 3.57. The van der Waals surface area contributed by atoms with Gasteiger partial charge < -0.3 is 5.11 Å². The van der Waals surface area contributed by atoms with Crippen LogP contribution in [0.2, 0.25) is 0 Å². The molecule has 1 saturated heterocycles. The molecule has 1 aromatic rings. The summed E-state index contributed by atoms with van der Waals surface area (Å²) in [4.78, 5) is 13.2. The van der Waals surface area contributed by atoms with Crippen molar-refractivity contribution in [2.75, 3.05) is 0 Å². The zero-order chi connectivity index (χ0) is 8.94. The van der Waals surface area contributed by atoms with Gasteiger partial charge in [0.2, 0.25) is 0 Å². The average Bonchev–Trinajstić information content (AvgIpc) is 3.01. The summed E-state index contributed by atoms with van der Waals surface area (Å²) in [5, 5.41) is 9.70. The molecule has 1 N–H and O–H groups in total. The van der Waals surface area contributed by atoms with Crippen molar-refractivity contribution < 1.29 is 14.9 Å². The Morgan fingerprint density at radius 1 is 1.38 bits per heavy atom. The van der Waals surface area contributed by atoms with Crippen LogP contribution < -0.4 is 0 Å². The lowest BCUT2D eigenvalue weighted by atomic mass is 9.96. The number of rotatable bonds is 2. The summed E-state index contributed by atoms with van der Waals surface area (Å²) in [6.07, 6.45) is 5.22. The molecule has 3 rings (SSSR count). The number of nitrogens with zero attached hydrogens (tertiary/aromatic N) is 1. The van der Waals surface area contributed by atoms with E-state index in [1.54, 1.807) is 12.4 Å². The topological polar surface area (TPSA) is 58.2 Å². The van der Waals surface area contributed by atoms with Crippen LogP contribution in [0, 0.1) is 0 Å². The molecule has 13 heavy (non-hydrogen) atoms. The molecule has 0 bridgehead atoms. The van der Waals surface area contributed by atoms with Gasteiger partial charge in [-0.05, 0) is 24.5 Å². The van der Waals surface area contributed by atoms with Crippen molar-refractivity contribution >= 4 is 0 Å². The molecule has 1 aromatic heterocycles. The van der Waals surface area contributed by atoms with E-state index >= 15 is 0 Å². The van der Waals surface area contributed by atoms with Gasteiger partial charge in [0.15, 0.2) is 0 Å². The van der Waals surface area contributed by atoms with Crippen molar-refractivity contribution in [3.8, 4) is 0 Å². The molecule has 0 amide bonds. The van der Waals surface area contributed by atoms with Crippen LogP contribution in [0.5, 0.6) is 0 Å². The number of aromatic nitrogens is 1. The lowest BCUT2D eigenvalue weighted by molar-refractivity contribution is -0.00997. The average molecular weight is 179 g/mol. The summed E-state index contributed by atoms with van der Waals surface area (Å²) in [5.74, 6) is -1.38. The molecule has 1 aliphatic heterocycles. The maximum atomic E-state index is 9.70. The third-order valence-corrected chi connectivity index (χ3v) is 2.81. The minimum absolute atomic E-state index is 0.360. The van der Waals surface area contributed by atoms with Crippen LogP contribution in [0.3, 0.4) is 0 Å². The fourth-order valence-corrected chi connectivity index (χ4v) is 1.76. The number of hydrogen-bond donors (Lipinski definition) is 1. The maximum absolute atomic E-state index is 9.70. The van der Waals surface area contributed by atoms with Crippen molar-refractivity contribution in [2.24, 2.45) is 0 Å². The first-order valence-electron chi connectivity index (χ1n) is 4.27. The van der Waals surface area contributed by atoms with E-state index in [9.17, 15) is 5.11 Å². The Balaban J connectivity index is 2.01. The molecule has 4 heteroatoms. The summed E-state index contributed by atoms with van der Waals surface area (Å²) >= 11 is 0. The Bertz CT molecular complexity index is 330. The zero-order valence-corrected chi connectivity index (χ0v) is 6.93. The quantitative estimate of drug-likeness (QED) is 0.537. The van der Waals surface area contributed by atoms with Crippen LogP contribution in [0.15, 0.2) is 24.5 Å². The fraction of sp³-hybridized carbons (Fsp3) is 0.444. The molecule has 0 aromatic carbocycles. The van der Waals surface area contributed by atoms with E-state index in [0.29, 0.717) is 0 Å². The molecule has 1 aliphatic carbocycles. The SMILES string of the molecule is OC1(C2(c3cccnc3)CC2)OO1. The molecular weight excluding hydrogens is 170 g/mol. The Morgan fingerprint density at radius 2 is 2.15 bits per heavy atom. The first-order chi connectivity index (χ1) is 6.27. The second kappa shape index (κ2) is 2.09. The van der Waals surface area contributed by atoms with Crippen molar-refractivity contribution in [1.29, 1.82) is 0 Å². The van der Waals surface area contributed by atoms with Crippen LogP contribution in [0.4, 0.5) is 0 Å². The third kappa shape index (κ3) is 0.877. The Morgan fingerprint density at radius 3 is 2.62 bits per heavy atom. The van der Waals surface area contributed by atoms with Gasteiger partial charge in [0.05, 0.1) is 5.41 Å². The van der Waals surface area contributed by atoms with Crippen molar-refractivity contribution in [3.63, 3.8) is 0 Å². The van der Waals surface area contributed by atoms with E-state index in [1.807, 2.05) is 12.1 Å². The molecule has 0 spiro atoms. The van der Waals surface area contributed by atoms with Gasteiger partial charge in [-0.25, -0.2) is 0 Å². The lowest BCUT2D eigenvalue weighted by Gasteiger charge is -2.13. The molecular formula is C9H9NO3. The van der Waals surface area contributed by atoms with Crippen LogP contribution in [0.1, 0.15) is 18.4 Å². The predicted octanol–water partition coefficient (Wildman–Crippen LogP) is 0.721. The van der Waals surface area contributed by atoms with Crippen molar-refractivity contribution in [3.05, 3.63) is 30.1 Å². The zero-order valence-electron chi connectivity index (χ0n) is 6.93. The number of hydrogen-bond acceptors (Lipinski definition) is 4. The standard InChI is InChI=1S/C9H9NO3/c11-9(12-13-9)8(3-4-8)7-2-1-5-10-6-7/h1-2,5-6,11H,3-4H2. The molecule has 68 valence electrons. The van der Waals surface area contributed by atoms with E-state index in [4.69, 9.17) is 0 Å². The largest absolute Gasteiger partial charge is 0.347 e. The summed E-state index contributed by atoms with van der Waals surface area (Å²) < 4.78 is 0. The smallest absolute Gasteiger partial charge is 0.339 e. The minimum Gasteiger partial charge on any atom is -0.339 e. The van der Waals surface area contributed by atoms with Gasteiger partial charge in [-0.1, -0.05) is 6.07 Å². The van der Waals surface area contributed by atoms with Crippen LogP contribution in [0.25, 0.3) is 0 Å². The Hall–Kier alpha value is -0.970. The Kier molecular flexibility index (Phi) is 1.20. The summed E-state index contributed by atoms with van der Waals surface area (Å²) in [7, 11) is 0. The number of pyridine rings is 1. The number of aliphatic hydroxyl groups is 1. The monoisotopic (exact) mass is 179 g/mol. The summed E-state index contributed by atoms with van der Waals surface area (Å²) in [6.45, 7) is 0. The van der Waals surface area contributed by atoms with Gasteiger partial charge >= 0.3 is 5.97 Å². The van der Waals surface area contributed by atoms with Crippen LogP contribution >= 0.6 is 0 Å². The molecule has 4 nitrogen and oxygen atoms in total. The molecule has 2 aliphatic rings. The molecule has 1 saturated carbocycles.